The van der Waals surface area contributed by atoms with Crippen LogP contribution in [0.15, 0.2) is 0 Å². The van der Waals surface area contributed by atoms with Gasteiger partial charge in [0, 0.05) is 5.92 Å². The predicted molar refractivity (Wildman–Crippen MR) is 63.0 cm³/mol. The molecule has 0 radical (unpaired) electrons. The zero-order valence-electron chi connectivity index (χ0n) is 10.6. The Morgan fingerprint density at radius 2 is 1.88 bits per heavy atom. The number of carbonyl (C=O) groups is 2. The predicted octanol–water partition coefficient (Wildman–Crippen LogP) is 1.27. The largest absolute Gasteiger partial charge is 0.391 e. The number of ketones is 1. The lowest BCUT2D eigenvalue weighted by Gasteiger charge is -2.22. The lowest BCUT2D eigenvalue weighted by molar-refractivity contribution is -0.131. The molecule has 0 aliphatic carbocycles. The highest BCUT2D eigenvalue weighted by Crippen LogP contribution is 2.07. The number of aliphatic hydroxyl groups is 1. The second kappa shape index (κ2) is 7.39. The van der Waals surface area contributed by atoms with E-state index in [-0.39, 0.29) is 17.6 Å². The van der Waals surface area contributed by atoms with Crippen LogP contribution in [0.3, 0.4) is 0 Å². The number of carbonyl (C=O) groups excluding carboxylic acids is 2. The molecule has 0 bridgehead atoms. The Kier molecular flexibility index (Phi) is 6.97. The van der Waals surface area contributed by atoms with Gasteiger partial charge in [0.25, 0.3) is 0 Å². The number of aliphatic hydroxyl groups excluding tert-OH is 1. The zero-order chi connectivity index (χ0) is 12.7. The molecular weight excluding hydrogens is 206 g/mol. The normalized spacial score (nSPS) is 16.3. The maximum absolute atomic E-state index is 11.7. The van der Waals surface area contributed by atoms with Crippen molar-refractivity contribution >= 4 is 11.7 Å². The van der Waals surface area contributed by atoms with Crippen LogP contribution < -0.4 is 5.32 Å². The molecule has 0 aliphatic heterocycles. The molecule has 1 amide bonds. The van der Waals surface area contributed by atoms with E-state index in [2.05, 4.69) is 5.32 Å². The summed E-state index contributed by atoms with van der Waals surface area (Å²) in [6.45, 7) is 7.00. The van der Waals surface area contributed by atoms with E-state index in [4.69, 9.17) is 0 Å². The first-order valence-corrected chi connectivity index (χ1v) is 5.92. The van der Waals surface area contributed by atoms with Gasteiger partial charge in [0.1, 0.15) is 6.04 Å². The van der Waals surface area contributed by atoms with Gasteiger partial charge in [-0.05, 0) is 19.8 Å². The molecule has 0 heterocycles. The van der Waals surface area contributed by atoms with Gasteiger partial charge in [-0.3, -0.25) is 9.59 Å². The van der Waals surface area contributed by atoms with Crippen molar-refractivity contribution < 1.29 is 14.7 Å². The van der Waals surface area contributed by atoms with Crippen molar-refractivity contribution in [3.63, 3.8) is 0 Å². The Bertz CT molecular complexity index is 240. The van der Waals surface area contributed by atoms with Crippen molar-refractivity contribution in [2.45, 2.75) is 59.1 Å². The molecule has 0 aromatic heterocycles. The van der Waals surface area contributed by atoms with Gasteiger partial charge in [-0.15, -0.1) is 0 Å². The third kappa shape index (κ3) is 4.75. The van der Waals surface area contributed by atoms with E-state index in [1.165, 1.54) is 6.92 Å². The van der Waals surface area contributed by atoms with E-state index >= 15 is 0 Å². The first-order chi connectivity index (χ1) is 7.43. The van der Waals surface area contributed by atoms with Crippen LogP contribution in [-0.2, 0) is 9.59 Å². The van der Waals surface area contributed by atoms with E-state index in [1.54, 1.807) is 6.92 Å². The zero-order valence-corrected chi connectivity index (χ0v) is 10.6. The number of Topliss-reactive ketones (excluding diaryl/α,β-unsaturated/α-hetero) is 1. The molecule has 16 heavy (non-hydrogen) atoms. The van der Waals surface area contributed by atoms with Crippen LogP contribution >= 0.6 is 0 Å². The molecule has 0 aromatic rings. The summed E-state index contributed by atoms with van der Waals surface area (Å²) in [5.74, 6) is -0.475. The monoisotopic (exact) mass is 229 g/mol. The highest BCUT2D eigenvalue weighted by molar-refractivity contribution is 5.88. The average Bonchev–Trinajstić information content (AvgIpc) is 2.24. The highest BCUT2D eigenvalue weighted by Gasteiger charge is 2.25. The molecule has 0 aromatic carbocycles. The van der Waals surface area contributed by atoms with Gasteiger partial charge in [0.15, 0.2) is 5.78 Å². The maximum atomic E-state index is 11.7. The molecule has 3 atom stereocenters. The molecule has 0 rings (SSSR count). The quantitative estimate of drug-likeness (QED) is 0.691. The fourth-order valence-corrected chi connectivity index (χ4v) is 1.56. The van der Waals surface area contributed by atoms with Crippen molar-refractivity contribution in [1.29, 1.82) is 0 Å². The van der Waals surface area contributed by atoms with Gasteiger partial charge in [-0.25, -0.2) is 0 Å². The SMILES string of the molecule is CCCC(C)C(=O)NC(C(C)=O)C(O)CC. The molecule has 0 aliphatic rings. The minimum Gasteiger partial charge on any atom is -0.391 e. The molecule has 3 unspecified atom stereocenters. The van der Waals surface area contributed by atoms with Gasteiger partial charge in [-0.2, -0.15) is 0 Å². The fraction of sp³-hybridized carbons (Fsp3) is 0.833. The van der Waals surface area contributed by atoms with Crippen molar-refractivity contribution in [2.75, 3.05) is 0 Å². The van der Waals surface area contributed by atoms with Crippen molar-refractivity contribution in [1.82, 2.24) is 5.32 Å². The summed E-state index contributed by atoms with van der Waals surface area (Å²) >= 11 is 0. The summed E-state index contributed by atoms with van der Waals surface area (Å²) in [5, 5.41) is 12.2. The Labute approximate surface area is 97.4 Å². The van der Waals surface area contributed by atoms with Crippen molar-refractivity contribution in [3.8, 4) is 0 Å². The molecule has 4 nitrogen and oxygen atoms in total. The van der Waals surface area contributed by atoms with Gasteiger partial charge in [0.05, 0.1) is 6.10 Å². The summed E-state index contributed by atoms with van der Waals surface area (Å²) in [4.78, 5) is 23.0. The topological polar surface area (TPSA) is 66.4 Å². The van der Waals surface area contributed by atoms with Crippen LogP contribution in [0.1, 0.15) is 47.0 Å². The van der Waals surface area contributed by atoms with E-state index in [1.807, 2.05) is 13.8 Å². The summed E-state index contributed by atoms with van der Waals surface area (Å²) in [6.07, 6.45) is 1.37. The fourth-order valence-electron chi connectivity index (χ4n) is 1.56. The lowest BCUT2D eigenvalue weighted by atomic mass is 10.0. The molecule has 0 saturated carbocycles. The third-order valence-corrected chi connectivity index (χ3v) is 2.71. The second-order valence-corrected chi connectivity index (χ2v) is 4.26. The number of hydrogen-bond donors (Lipinski definition) is 2. The van der Waals surface area contributed by atoms with Crippen LogP contribution in [0.25, 0.3) is 0 Å². The van der Waals surface area contributed by atoms with Crippen LogP contribution in [0.4, 0.5) is 0 Å². The van der Waals surface area contributed by atoms with Crippen LogP contribution in [-0.4, -0.2) is 28.9 Å². The standard InChI is InChI=1S/C12H23NO3/c1-5-7-8(3)12(16)13-11(9(4)14)10(15)6-2/h8,10-11,15H,5-7H2,1-4H3,(H,13,16). The lowest BCUT2D eigenvalue weighted by Crippen LogP contribution is -2.49. The van der Waals surface area contributed by atoms with E-state index in [0.29, 0.717) is 6.42 Å². The van der Waals surface area contributed by atoms with Crippen LogP contribution in [0.5, 0.6) is 0 Å². The third-order valence-electron chi connectivity index (χ3n) is 2.71. The van der Waals surface area contributed by atoms with Crippen LogP contribution in [0, 0.1) is 5.92 Å². The highest BCUT2D eigenvalue weighted by atomic mass is 16.3. The maximum Gasteiger partial charge on any atom is 0.223 e. The summed E-state index contributed by atoms with van der Waals surface area (Å²) in [7, 11) is 0. The number of hydrogen-bond acceptors (Lipinski definition) is 3. The number of nitrogens with one attached hydrogen (secondary N) is 1. The minimum atomic E-state index is -0.796. The second-order valence-electron chi connectivity index (χ2n) is 4.26. The molecule has 0 saturated heterocycles. The van der Waals surface area contributed by atoms with Gasteiger partial charge >= 0.3 is 0 Å². The Morgan fingerprint density at radius 3 is 2.25 bits per heavy atom. The minimum absolute atomic E-state index is 0.115. The Hall–Kier alpha value is -0.900. The van der Waals surface area contributed by atoms with Gasteiger partial charge in [-0.1, -0.05) is 27.2 Å². The van der Waals surface area contributed by atoms with Crippen molar-refractivity contribution in [2.24, 2.45) is 5.92 Å². The van der Waals surface area contributed by atoms with E-state index in [0.717, 1.165) is 12.8 Å². The summed E-state index contributed by atoms with van der Waals surface area (Å²) < 4.78 is 0. The average molecular weight is 229 g/mol. The van der Waals surface area contributed by atoms with Gasteiger partial charge in [0.2, 0.25) is 5.91 Å². The molecule has 2 N–H and O–H groups in total. The van der Waals surface area contributed by atoms with Gasteiger partial charge < -0.3 is 10.4 Å². The first kappa shape index (κ1) is 15.1. The molecular formula is C12H23NO3. The van der Waals surface area contributed by atoms with E-state index < -0.39 is 12.1 Å². The Balaban J connectivity index is 4.40. The molecule has 94 valence electrons. The van der Waals surface area contributed by atoms with E-state index in [9.17, 15) is 14.7 Å². The molecule has 4 heteroatoms. The Morgan fingerprint density at radius 1 is 1.31 bits per heavy atom. The first-order valence-electron chi connectivity index (χ1n) is 5.92. The smallest absolute Gasteiger partial charge is 0.223 e. The summed E-state index contributed by atoms with van der Waals surface area (Å²) in [6, 6.07) is -0.767. The van der Waals surface area contributed by atoms with Crippen molar-refractivity contribution in [3.05, 3.63) is 0 Å². The molecule has 0 spiro atoms. The summed E-state index contributed by atoms with van der Waals surface area (Å²) in [5.41, 5.74) is 0. The number of rotatable bonds is 7. The molecule has 0 fully saturated rings. The number of amides is 1. The van der Waals surface area contributed by atoms with Crippen LogP contribution in [0.2, 0.25) is 0 Å².